The third-order valence-electron chi connectivity index (χ3n) is 4.06. The van der Waals surface area contributed by atoms with E-state index in [-0.39, 0.29) is 11.3 Å². The Balaban J connectivity index is 2.12. The van der Waals surface area contributed by atoms with Crippen LogP contribution < -0.4 is 25.7 Å². The van der Waals surface area contributed by atoms with E-state index >= 15 is 0 Å². The molecule has 0 saturated carbocycles. The molecule has 0 fully saturated rings. The molecule has 0 radical (unpaired) electrons. The van der Waals surface area contributed by atoms with Crippen LogP contribution in [-0.4, -0.2) is 26.7 Å². The van der Waals surface area contributed by atoms with Crippen molar-refractivity contribution in [2.24, 2.45) is 0 Å². The van der Waals surface area contributed by atoms with Crippen molar-refractivity contribution in [3.8, 4) is 11.5 Å². The molecule has 1 heterocycles. The normalized spacial score (nSPS) is 10.5. The summed E-state index contributed by atoms with van der Waals surface area (Å²) in [4.78, 5) is 25.5. The van der Waals surface area contributed by atoms with E-state index in [2.05, 4.69) is 10.6 Å². The number of hydrogen-bond donors (Lipinski definition) is 2. The highest BCUT2D eigenvalue weighted by atomic mass is 16.5. The van der Waals surface area contributed by atoms with Crippen LogP contribution in [0, 0.1) is 0 Å². The second kappa shape index (κ2) is 7.82. The molecule has 7 nitrogen and oxygen atoms in total. The van der Waals surface area contributed by atoms with Gasteiger partial charge in [-0.3, -0.25) is 4.79 Å². The molecule has 140 valence electrons. The Morgan fingerprint density at radius 2 is 1.67 bits per heavy atom. The van der Waals surface area contributed by atoms with Crippen molar-refractivity contribution in [2.45, 2.75) is 6.92 Å². The highest BCUT2D eigenvalue weighted by Gasteiger charge is 2.22. The number of ether oxygens (including phenoxy) is 2. The maximum atomic E-state index is 12.9. The fourth-order valence-electron chi connectivity index (χ4n) is 2.87. The first-order valence-corrected chi connectivity index (χ1v) is 8.42. The Hall–Kier alpha value is -3.48. The summed E-state index contributed by atoms with van der Waals surface area (Å²) in [5.74, 6) is 0.134. The van der Waals surface area contributed by atoms with Gasteiger partial charge in [0.15, 0.2) is 5.69 Å². The summed E-state index contributed by atoms with van der Waals surface area (Å²) >= 11 is 0. The van der Waals surface area contributed by atoms with Gasteiger partial charge in [0.2, 0.25) is 0 Å². The predicted octanol–water partition coefficient (Wildman–Crippen LogP) is 3.49. The van der Waals surface area contributed by atoms with Gasteiger partial charge in [-0.25, -0.2) is 4.79 Å². The van der Waals surface area contributed by atoms with Crippen molar-refractivity contribution < 1.29 is 18.7 Å². The van der Waals surface area contributed by atoms with Gasteiger partial charge in [-0.05, 0) is 31.2 Å². The van der Waals surface area contributed by atoms with Gasteiger partial charge in [0, 0.05) is 11.9 Å². The third kappa shape index (κ3) is 3.44. The molecule has 0 aliphatic carbocycles. The van der Waals surface area contributed by atoms with Crippen LogP contribution in [0.3, 0.4) is 0 Å². The fourth-order valence-corrected chi connectivity index (χ4v) is 2.87. The molecule has 1 amide bonds. The number of rotatable bonds is 6. The lowest BCUT2D eigenvalue weighted by Crippen LogP contribution is -2.21. The van der Waals surface area contributed by atoms with E-state index in [1.807, 2.05) is 19.1 Å². The van der Waals surface area contributed by atoms with E-state index < -0.39 is 11.5 Å². The number of benzene rings is 2. The van der Waals surface area contributed by atoms with Crippen molar-refractivity contribution in [1.29, 1.82) is 0 Å². The van der Waals surface area contributed by atoms with Crippen LogP contribution in [0.1, 0.15) is 17.3 Å². The molecular formula is C20H20N2O5. The molecule has 0 unspecified atom stereocenters. The van der Waals surface area contributed by atoms with Crippen molar-refractivity contribution in [3.05, 3.63) is 58.4 Å². The summed E-state index contributed by atoms with van der Waals surface area (Å²) in [6.45, 7) is 2.46. The first-order chi connectivity index (χ1) is 13.1. The first-order valence-electron chi connectivity index (χ1n) is 8.42. The maximum absolute atomic E-state index is 12.9. The summed E-state index contributed by atoms with van der Waals surface area (Å²) in [7, 11) is 2.92. The zero-order valence-electron chi connectivity index (χ0n) is 15.3. The molecule has 0 spiro atoms. The number of carbonyl (C=O) groups is 1. The number of nitrogens with one attached hydrogen (secondary N) is 2. The minimum Gasteiger partial charge on any atom is -0.496 e. The number of amides is 1. The Morgan fingerprint density at radius 1 is 1.00 bits per heavy atom. The Morgan fingerprint density at radius 3 is 2.30 bits per heavy atom. The smallest absolute Gasteiger partial charge is 0.362 e. The minimum atomic E-state index is -0.646. The Labute approximate surface area is 155 Å². The van der Waals surface area contributed by atoms with Gasteiger partial charge in [-0.2, -0.15) is 0 Å². The van der Waals surface area contributed by atoms with E-state index in [0.29, 0.717) is 34.7 Å². The second-order valence-corrected chi connectivity index (χ2v) is 5.66. The second-order valence-electron chi connectivity index (χ2n) is 5.66. The number of methoxy groups -OCH3 is 2. The number of para-hydroxylation sites is 1. The highest BCUT2D eigenvalue weighted by molar-refractivity contribution is 6.11. The quantitative estimate of drug-likeness (QED) is 0.648. The van der Waals surface area contributed by atoms with Crippen LogP contribution >= 0.6 is 0 Å². The van der Waals surface area contributed by atoms with Crippen LogP contribution in [0.4, 0.5) is 11.4 Å². The topological polar surface area (TPSA) is 89.8 Å². The molecule has 1 aromatic heterocycles. The van der Waals surface area contributed by atoms with E-state index in [4.69, 9.17) is 13.9 Å². The highest BCUT2D eigenvalue weighted by Crippen LogP contribution is 2.32. The molecule has 2 N–H and O–H groups in total. The molecule has 0 bridgehead atoms. The lowest BCUT2D eigenvalue weighted by molar-refractivity contribution is 0.102. The molecule has 3 aromatic rings. The SMILES string of the molecule is CCNc1c(NC(=O)c2c(OC)cccc2OC)c(=O)oc2ccccc12. The number of hydrogen-bond acceptors (Lipinski definition) is 6. The van der Waals surface area contributed by atoms with Gasteiger partial charge in [0.1, 0.15) is 22.6 Å². The molecule has 0 saturated heterocycles. The number of anilines is 2. The Bertz CT molecular complexity index is 1020. The average Bonchev–Trinajstić information content (AvgIpc) is 2.69. The molecule has 7 heteroatoms. The molecule has 2 aromatic carbocycles. The van der Waals surface area contributed by atoms with E-state index in [9.17, 15) is 9.59 Å². The molecule has 3 rings (SSSR count). The minimum absolute atomic E-state index is 0.0357. The Kier molecular flexibility index (Phi) is 5.30. The van der Waals surface area contributed by atoms with E-state index in [0.717, 1.165) is 0 Å². The number of fused-ring (bicyclic) bond motifs is 1. The molecule has 27 heavy (non-hydrogen) atoms. The molecule has 0 aliphatic heterocycles. The van der Waals surface area contributed by atoms with Gasteiger partial charge < -0.3 is 24.5 Å². The summed E-state index contributed by atoms with van der Waals surface area (Å²) in [6, 6.07) is 12.1. The zero-order chi connectivity index (χ0) is 19.4. The first kappa shape index (κ1) is 18.3. The van der Waals surface area contributed by atoms with Gasteiger partial charge in [-0.15, -0.1) is 0 Å². The van der Waals surface area contributed by atoms with Crippen LogP contribution in [0.15, 0.2) is 51.7 Å². The molecule has 0 aliphatic rings. The fraction of sp³-hybridized carbons (Fsp3) is 0.200. The summed E-state index contributed by atoms with van der Waals surface area (Å²) in [5, 5.41) is 6.49. The van der Waals surface area contributed by atoms with Crippen LogP contribution in [0.5, 0.6) is 11.5 Å². The summed E-state index contributed by atoms with van der Waals surface area (Å²) in [5.41, 5.74) is 0.524. The third-order valence-corrected chi connectivity index (χ3v) is 4.06. The largest absolute Gasteiger partial charge is 0.496 e. The molecular weight excluding hydrogens is 348 g/mol. The zero-order valence-corrected chi connectivity index (χ0v) is 15.3. The van der Waals surface area contributed by atoms with E-state index in [1.54, 1.807) is 30.3 Å². The summed E-state index contributed by atoms with van der Waals surface area (Å²) in [6.07, 6.45) is 0. The van der Waals surface area contributed by atoms with Crippen LogP contribution in [0.2, 0.25) is 0 Å². The molecule has 0 atom stereocenters. The summed E-state index contributed by atoms with van der Waals surface area (Å²) < 4.78 is 15.9. The lowest BCUT2D eigenvalue weighted by atomic mass is 10.1. The predicted molar refractivity (Wildman–Crippen MR) is 104 cm³/mol. The maximum Gasteiger partial charge on any atom is 0.362 e. The van der Waals surface area contributed by atoms with Crippen molar-refractivity contribution >= 4 is 28.3 Å². The average molecular weight is 368 g/mol. The number of carbonyl (C=O) groups excluding carboxylic acids is 1. The van der Waals surface area contributed by atoms with Gasteiger partial charge in [0.25, 0.3) is 5.91 Å². The van der Waals surface area contributed by atoms with Crippen LogP contribution in [0.25, 0.3) is 11.0 Å². The monoisotopic (exact) mass is 368 g/mol. The van der Waals surface area contributed by atoms with Crippen LogP contribution in [-0.2, 0) is 0 Å². The van der Waals surface area contributed by atoms with Crippen molar-refractivity contribution in [3.63, 3.8) is 0 Å². The lowest BCUT2D eigenvalue weighted by Gasteiger charge is -2.15. The van der Waals surface area contributed by atoms with Gasteiger partial charge in [0.05, 0.1) is 19.9 Å². The van der Waals surface area contributed by atoms with E-state index in [1.165, 1.54) is 14.2 Å². The standard InChI is InChI=1S/C20H20N2O5/c1-4-21-17-12-8-5-6-9-13(12)27-20(24)18(17)22-19(23)16-14(25-2)10-7-11-15(16)26-3/h5-11,21H,4H2,1-3H3,(H,22,23). The van der Waals surface area contributed by atoms with Crippen molar-refractivity contribution in [1.82, 2.24) is 0 Å². The van der Waals surface area contributed by atoms with Gasteiger partial charge in [-0.1, -0.05) is 18.2 Å². The van der Waals surface area contributed by atoms with Crippen molar-refractivity contribution in [2.75, 3.05) is 31.4 Å². The van der Waals surface area contributed by atoms with Gasteiger partial charge >= 0.3 is 5.63 Å².